The molecule has 17 heavy (non-hydrogen) atoms. The van der Waals surface area contributed by atoms with Crippen LogP contribution in [0.15, 0.2) is 18.2 Å². The molecule has 0 fully saturated rings. The van der Waals surface area contributed by atoms with E-state index >= 15 is 0 Å². The van der Waals surface area contributed by atoms with Gasteiger partial charge in [0.25, 0.3) is 5.91 Å². The van der Waals surface area contributed by atoms with Crippen LogP contribution in [0.3, 0.4) is 0 Å². The molecule has 0 bridgehead atoms. The van der Waals surface area contributed by atoms with Gasteiger partial charge in [0, 0.05) is 24.3 Å². The summed E-state index contributed by atoms with van der Waals surface area (Å²) in [4.78, 5) is 11.8. The van der Waals surface area contributed by atoms with Gasteiger partial charge in [-0.25, -0.2) is 0 Å². The molecule has 1 aromatic rings. The summed E-state index contributed by atoms with van der Waals surface area (Å²) >= 11 is 0. The Morgan fingerprint density at radius 2 is 2.29 bits per heavy atom. The number of aliphatic hydroxyl groups is 1. The smallest absolute Gasteiger partial charge is 0.251 e. The van der Waals surface area contributed by atoms with E-state index < -0.39 is 5.60 Å². The third-order valence-electron chi connectivity index (χ3n) is 2.76. The van der Waals surface area contributed by atoms with Crippen LogP contribution in [0.5, 0.6) is 0 Å². The fourth-order valence-corrected chi connectivity index (χ4v) is 1.84. The number of rotatable bonds is 3. The van der Waals surface area contributed by atoms with Crippen molar-refractivity contribution in [3.8, 4) is 0 Å². The average Bonchev–Trinajstić information content (AvgIpc) is 2.71. The van der Waals surface area contributed by atoms with Crippen molar-refractivity contribution in [2.45, 2.75) is 25.9 Å². The summed E-state index contributed by atoms with van der Waals surface area (Å²) in [5.41, 5.74) is 2.06. The maximum absolute atomic E-state index is 11.8. The Hall–Kier alpha value is -1.55. The lowest BCUT2D eigenvalue weighted by Gasteiger charge is -2.17. The molecule has 2 rings (SSSR count). The summed E-state index contributed by atoms with van der Waals surface area (Å²) in [6, 6.07) is 5.65. The Morgan fingerprint density at radius 1 is 1.53 bits per heavy atom. The largest absolute Gasteiger partial charge is 0.389 e. The van der Waals surface area contributed by atoms with Crippen LogP contribution in [-0.2, 0) is 6.42 Å². The summed E-state index contributed by atoms with van der Waals surface area (Å²) < 4.78 is 0. The lowest BCUT2D eigenvalue weighted by atomic mass is 10.1. The van der Waals surface area contributed by atoms with E-state index in [0.717, 1.165) is 18.7 Å². The summed E-state index contributed by atoms with van der Waals surface area (Å²) in [5, 5.41) is 15.5. The third kappa shape index (κ3) is 2.97. The highest BCUT2D eigenvalue weighted by Crippen LogP contribution is 2.22. The molecular weight excluding hydrogens is 216 g/mol. The lowest BCUT2D eigenvalue weighted by Crippen LogP contribution is -2.38. The van der Waals surface area contributed by atoms with Gasteiger partial charge in [-0.3, -0.25) is 4.79 Å². The zero-order chi connectivity index (χ0) is 12.5. The van der Waals surface area contributed by atoms with Gasteiger partial charge in [0.15, 0.2) is 0 Å². The molecule has 0 aromatic heterocycles. The standard InChI is InChI=1S/C13H18N2O2/c1-13(2,17)8-15-12(16)10-3-4-11-9(7-10)5-6-14-11/h3-4,7,14,17H,5-6,8H2,1-2H3,(H,15,16). The molecule has 92 valence electrons. The number of hydrogen-bond acceptors (Lipinski definition) is 3. The first-order valence-electron chi connectivity index (χ1n) is 5.83. The summed E-state index contributed by atoms with van der Waals surface area (Å²) in [6.07, 6.45) is 0.960. The molecule has 4 heteroatoms. The second-order valence-electron chi connectivity index (χ2n) is 5.04. The summed E-state index contributed by atoms with van der Waals surface area (Å²) in [6.45, 7) is 4.52. The minimum absolute atomic E-state index is 0.137. The third-order valence-corrected chi connectivity index (χ3v) is 2.76. The molecule has 0 atom stereocenters. The molecule has 0 aliphatic carbocycles. The van der Waals surface area contributed by atoms with Gasteiger partial charge < -0.3 is 15.7 Å². The second-order valence-corrected chi connectivity index (χ2v) is 5.04. The molecule has 0 unspecified atom stereocenters. The van der Waals surface area contributed by atoms with Crippen LogP contribution in [0.25, 0.3) is 0 Å². The van der Waals surface area contributed by atoms with Crippen molar-refractivity contribution in [1.29, 1.82) is 0 Å². The number of carbonyl (C=O) groups is 1. The van der Waals surface area contributed by atoms with Crippen molar-refractivity contribution in [2.75, 3.05) is 18.4 Å². The second kappa shape index (κ2) is 4.37. The monoisotopic (exact) mass is 234 g/mol. The van der Waals surface area contributed by atoms with Crippen LogP contribution in [-0.4, -0.2) is 29.7 Å². The molecule has 0 saturated carbocycles. The van der Waals surface area contributed by atoms with Crippen LogP contribution in [0, 0.1) is 0 Å². The van der Waals surface area contributed by atoms with Gasteiger partial charge in [0.1, 0.15) is 0 Å². The first-order chi connectivity index (χ1) is 7.96. The van der Waals surface area contributed by atoms with Gasteiger partial charge in [0.2, 0.25) is 0 Å². The normalized spacial score (nSPS) is 14.1. The van der Waals surface area contributed by atoms with Gasteiger partial charge in [-0.05, 0) is 44.0 Å². The van der Waals surface area contributed by atoms with Crippen molar-refractivity contribution >= 4 is 11.6 Å². The van der Waals surface area contributed by atoms with Crippen molar-refractivity contribution in [3.63, 3.8) is 0 Å². The Kier molecular flexibility index (Phi) is 3.07. The molecule has 0 spiro atoms. The molecule has 1 aliphatic rings. The molecule has 1 heterocycles. The first kappa shape index (κ1) is 11.9. The van der Waals surface area contributed by atoms with E-state index in [9.17, 15) is 9.90 Å². The number of nitrogens with one attached hydrogen (secondary N) is 2. The van der Waals surface area contributed by atoms with Crippen molar-refractivity contribution in [1.82, 2.24) is 5.32 Å². The number of benzene rings is 1. The van der Waals surface area contributed by atoms with Crippen LogP contribution in [0.2, 0.25) is 0 Å². The highest BCUT2D eigenvalue weighted by atomic mass is 16.3. The minimum Gasteiger partial charge on any atom is -0.389 e. The first-order valence-corrected chi connectivity index (χ1v) is 5.83. The van der Waals surface area contributed by atoms with E-state index in [0.29, 0.717) is 5.56 Å². The fraction of sp³-hybridized carbons (Fsp3) is 0.462. The van der Waals surface area contributed by atoms with Crippen LogP contribution < -0.4 is 10.6 Å². The zero-order valence-electron chi connectivity index (χ0n) is 10.2. The van der Waals surface area contributed by atoms with E-state index in [2.05, 4.69) is 10.6 Å². The molecule has 0 radical (unpaired) electrons. The van der Waals surface area contributed by atoms with Crippen LogP contribution >= 0.6 is 0 Å². The number of amides is 1. The predicted octanol–water partition coefficient (Wildman–Crippen LogP) is 1.16. The van der Waals surface area contributed by atoms with E-state index in [1.807, 2.05) is 12.1 Å². The maximum Gasteiger partial charge on any atom is 0.251 e. The Morgan fingerprint density at radius 3 is 3.00 bits per heavy atom. The quantitative estimate of drug-likeness (QED) is 0.735. The molecule has 4 nitrogen and oxygen atoms in total. The molecule has 1 amide bonds. The van der Waals surface area contributed by atoms with Crippen molar-refractivity contribution in [3.05, 3.63) is 29.3 Å². The van der Waals surface area contributed by atoms with Crippen LogP contribution in [0.4, 0.5) is 5.69 Å². The van der Waals surface area contributed by atoms with Crippen LogP contribution in [0.1, 0.15) is 29.8 Å². The van der Waals surface area contributed by atoms with Gasteiger partial charge in [0.05, 0.1) is 5.60 Å². The van der Waals surface area contributed by atoms with Gasteiger partial charge in [-0.1, -0.05) is 0 Å². The lowest BCUT2D eigenvalue weighted by molar-refractivity contribution is 0.0694. The molecule has 0 saturated heterocycles. The van der Waals surface area contributed by atoms with E-state index in [4.69, 9.17) is 0 Å². The SMILES string of the molecule is CC(C)(O)CNC(=O)c1ccc2c(c1)CCN2. The number of hydrogen-bond donors (Lipinski definition) is 3. The van der Waals surface area contributed by atoms with Crippen molar-refractivity contribution in [2.24, 2.45) is 0 Å². The van der Waals surface area contributed by atoms with Crippen molar-refractivity contribution < 1.29 is 9.90 Å². The Balaban J connectivity index is 2.05. The van der Waals surface area contributed by atoms with Gasteiger partial charge in [-0.15, -0.1) is 0 Å². The highest BCUT2D eigenvalue weighted by molar-refractivity contribution is 5.95. The van der Waals surface area contributed by atoms with Gasteiger partial charge >= 0.3 is 0 Å². The Labute approximate surface area is 101 Å². The molecule has 1 aliphatic heterocycles. The molecular formula is C13H18N2O2. The summed E-state index contributed by atoms with van der Waals surface area (Å²) in [5.74, 6) is -0.137. The van der Waals surface area contributed by atoms with E-state index in [-0.39, 0.29) is 12.5 Å². The van der Waals surface area contributed by atoms with E-state index in [1.54, 1.807) is 19.9 Å². The summed E-state index contributed by atoms with van der Waals surface area (Å²) in [7, 11) is 0. The van der Waals surface area contributed by atoms with E-state index in [1.165, 1.54) is 5.56 Å². The maximum atomic E-state index is 11.8. The molecule has 3 N–H and O–H groups in total. The number of carbonyl (C=O) groups excluding carboxylic acids is 1. The predicted molar refractivity (Wildman–Crippen MR) is 67.3 cm³/mol. The number of anilines is 1. The topological polar surface area (TPSA) is 61.4 Å². The fourth-order valence-electron chi connectivity index (χ4n) is 1.84. The zero-order valence-corrected chi connectivity index (χ0v) is 10.2. The number of fused-ring (bicyclic) bond motifs is 1. The highest BCUT2D eigenvalue weighted by Gasteiger charge is 2.16. The molecule has 1 aromatic carbocycles. The minimum atomic E-state index is -0.881. The Bertz CT molecular complexity index is 436. The van der Waals surface area contributed by atoms with Gasteiger partial charge in [-0.2, -0.15) is 0 Å². The average molecular weight is 234 g/mol.